The van der Waals surface area contributed by atoms with Crippen LogP contribution in [0.1, 0.15) is 25.2 Å². The van der Waals surface area contributed by atoms with Gasteiger partial charge in [0.1, 0.15) is 5.75 Å². The van der Waals surface area contributed by atoms with Crippen LogP contribution in [0.4, 0.5) is 11.4 Å². The van der Waals surface area contributed by atoms with Crippen molar-refractivity contribution in [3.8, 4) is 17.1 Å². The summed E-state index contributed by atoms with van der Waals surface area (Å²) in [4.78, 5) is 32.6. The van der Waals surface area contributed by atoms with Crippen LogP contribution in [0.15, 0.2) is 47.0 Å². The number of benzene rings is 2. The second-order valence-corrected chi connectivity index (χ2v) is 7.89. The first kappa shape index (κ1) is 19.6. The van der Waals surface area contributed by atoms with Crippen LogP contribution in [0.5, 0.6) is 5.75 Å². The van der Waals surface area contributed by atoms with Gasteiger partial charge in [0.25, 0.3) is 5.91 Å². The summed E-state index contributed by atoms with van der Waals surface area (Å²) in [5.74, 6) is 1.14. The molecule has 8 nitrogen and oxygen atoms in total. The molecule has 1 aromatic heterocycles. The van der Waals surface area contributed by atoms with E-state index >= 15 is 0 Å². The molecule has 0 radical (unpaired) electrons. The summed E-state index contributed by atoms with van der Waals surface area (Å²) in [5, 5.41) is 4.68. The number of anilines is 2. The van der Waals surface area contributed by atoms with E-state index in [0.29, 0.717) is 46.8 Å². The lowest BCUT2D eigenvalue weighted by Crippen LogP contribution is -2.38. The van der Waals surface area contributed by atoms with Crippen molar-refractivity contribution in [2.24, 2.45) is 0 Å². The second kappa shape index (κ2) is 7.70. The van der Waals surface area contributed by atoms with E-state index in [9.17, 15) is 9.59 Å². The van der Waals surface area contributed by atoms with Gasteiger partial charge in [0, 0.05) is 35.8 Å². The summed E-state index contributed by atoms with van der Waals surface area (Å²) in [6.07, 6.45) is 0.282. The Kier molecular flexibility index (Phi) is 4.86. The first-order valence-corrected chi connectivity index (χ1v) is 10.4. The van der Waals surface area contributed by atoms with Gasteiger partial charge in [-0.3, -0.25) is 9.59 Å². The van der Waals surface area contributed by atoms with E-state index in [1.54, 1.807) is 28.0 Å². The first-order valence-electron chi connectivity index (χ1n) is 10.0. The van der Waals surface area contributed by atoms with Gasteiger partial charge >= 0.3 is 0 Å². The number of aromatic nitrogens is 2. The fourth-order valence-electron chi connectivity index (χ4n) is 3.97. The Morgan fingerprint density at radius 2 is 2.03 bits per heavy atom. The summed E-state index contributed by atoms with van der Waals surface area (Å²) in [7, 11) is 0. The van der Waals surface area contributed by atoms with E-state index in [4.69, 9.17) is 20.9 Å². The molecule has 158 valence electrons. The lowest BCUT2D eigenvalue weighted by atomic mass is 10.1. The number of hydrogen-bond donors (Lipinski definition) is 0. The topological polar surface area (TPSA) is 88.8 Å². The lowest BCUT2D eigenvalue weighted by Gasteiger charge is -2.28. The van der Waals surface area contributed by atoms with Crippen molar-refractivity contribution in [3.05, 3.63) is 53.4 Å². The van der Waals surface area contributed by atoms with Crippen LogP contribution in [0, 0.1) is 0 Å². The maximum absolute atomic E-state index is 12.5. The molecule has 1 fully saturated rings. The van der Waals surface area contributed by atoms with Crippen molar-refractivity contribution >= 4 is 34.8 Å². The van der Waals surface area contributed by atoms with Gasteiger partial charge in [-0.1, -0.05) is 22.8 Å². The molecular weight excluding hydrogens is 420 g/mol. The standard InChI is InChI=1S/C22H19ClN4O4/c1-2-26-17-8-13(6-7-18(17)30-12-20(26)29)21-24-22(31-25-21)14-9-19(28)27(11-14)16-5-3-4-15(23)10-16/h3-8,10,14H,2,9,11-12H2,1H3/t14-/m1/s1. The molecule has 3 heterocycles. The van der Waals surface area contributed by atoms with Crippen LogP contribution in [0.3, 0.4) is 0 Å². The van der Waals surface area contributed by atoms with Gasteiger partial charge < -0.3 is 19.1 Å². The highest BCUT2D eigenvalue weighted by molar-refractivity contribution is 6.30. The number of amides is 2. The zero-order chi connectivity index (χ0) is 21.5. The smallest absolute Gasteiger partial charge is 0.265 e. The average Bonchev–Trinajstić information content (AvgIpc) is 3.40. The Balaban J connectivity index is 1.39. The molecule has 31 heavy (non-hydrogen) atoms. The molecule has 2 aliphatic rings. The van der Waals surface area contributed by atoms with Crippen molar-refractivity contribution in [1.29, 1.82) is 0 Å². The fourth-order valence-corrected chi connectivity index (χ4v) is 4.16. The van der Waals surface area contributed by atoms with Gasteiger partial charge in [-0.05, 0) is 43.3 Å². The van der Waals surface area contributed by atoms with Gasteiger partial charge in [-0.25, -0.2) is 0 Å². The van der Waals surface area contributed by atoms with Gasteiger partial charge in [-0.2, -0.15) is 4.98 Å². The molecule has 1 atom stereocenters. The van der Waals surface area contributed by atoms with Crippen molar-refractivity contribution in [1.82, 2.24) is 10.1 Å². The van der Waals surface area contributed by atoms with Gasteiger partial charge in [-0.15, -0.1) is 0 Å². The van der Waals surface area contributed by atoms with E-state index < -0.39 is 0 Å². The van der Waals surface area contributed by atoms with Crippen LogP contribution in [-0.4, -0.2) is 41.7 Å². The molecule has 5 rings (SSSR count). The largest absolute Gasteiger partial charge is 0.482 e. The molecule has 0 spiro atoms. The van der Waals surface area contributed by atoms with Crippen LogP contribution in [0.25, 0.3) is 11.4 Å². The second-order valence-electron chi connectivity index (χ2n) is 7.45. The Morgan fingerprint density at radius 3 is 2.84 bits per heavy atom. The Hall–Kier alpha value is -3.39. The maximum Gasteiger partial charge on any atom is 0.265 e. The first-order chi connectivity index (χ1) is 15.0. The number of likely N-dealkylation sites (N-methyl/N-ethyl adjacent to an activating group) is 1. The van der Waals surface area contributed by atoms with E-state index in [-0.39, 0.29) is 30.8 Å². The van der Waals surface area contributed by atoms with Crippen molar-refractivity contribution in [3.63, 3.8) is 0 Å². The van der Waals surface area contributed by atoms with E-state index in [1.165, 1.54) is 0 Å². The van der Waals surface area contributed by atoms with Crippen LogP contribution >= 0.6 is 11.6 Å². The summed E-state index contributed by atoms with van der Waals surface area (Å²) in [6, 6.07) is 12.6. The minimum Gasteiger partial charge on any atom is -0.482 e. The van der Waals surface area contributed by atoms with E-state index in [2.05, 4.69) is 10.1 Å². The molecular formula is C22H19ClN4O4. The van der Waals surface area contributed by atoms with Crippen molar-refractivity contribution in [2.45, 2.75) is 19.3 Å². The molecule has 0 unspecified atom stereocenters. The minimum absolute atomic E-state index is 0.0185. The number of carbonyl (C=O) groups excluding carboxylic acids is 2. The summed E-state index contributed by atoms with van der Waals surface area (Å²) in [5.41, 5.74) is 2.14. The number of hydrogen-bond acceptors (Lipinski definition) is 6. The number of halogens is 1. The normalized spacial score (nSPS) is 18.3. The summed E-state index contributed by atoms with van der Waals surface area (Å²) >= 11 is 6.06. The number of carbonyl (C=O) groups is 2. The van der Waals surface area contributed by atoms with Crippen LogP contribution in [-0.2, 0) is 9.59 Å². The van der Waals surface area contributed by atoms with Gasteiger partial charge in [0.2, 0.25) is 17.6 Å². The Morgan fingerprint density at radius 1 is 1.16 bits per heavy atom. The third-order valence-electron chi connectivity index (χ3n) is 5.51. The third kappa shape index (κ3) is 3.53. The molecule has 0 saturated carbocycles. The molecule has 9 heteroatoms. The molecule has 3 aromatic rings. The predicted octanol–water partition coefficient (Wildman–Crippen LogP) is 3.66. The van der Waals surface area contributed by atoms with E-state index in [0.717, 1.165) is 5.69 Å². The molecule has 2 amide bonds. The summed E-state index contributed by atoms with van der Waals surface area (Å²) in [6.45, 7) is 2.93. The number of rotatable bonds is 4. The summed E-state index contributed by atoms with van der Waals surface area (Å²) < 4.78 is 11.0. The highest BCUT2D eigenvalue weighted by Gasteiger charge is 2.35. The molecule has 0 aliphatic carbocycles. The van der Waals surface area contributed by atoms with Crippen molar-refractivity contribution < 1.29 is 18.8 Å². The number of fused-ring (bicyclic) bond motifs is 1. The molecule has 0 N–H and O–H groups in total. The molecule has 0 bridgehead atoms. The van der Waals surface area contributed by atoms with Crippen LogP contribution in [0.2, 0.25) is 5.02 Å². The SMILES string of the molecule is CCN1C(=O)COc2ccc(-c3noc([C@@H]4CC(=O)N(c5cccc(Cl)c5)C4)n3)cc21. The quantitative estimate of drug-likeness (QED) is 0.617. The fraction of sp³-hybridized carbons (Fsp3) is 0.273. The highest BCUT2D eigenvalue weighted by atomic mass is 35.5. The third-order valence-corrected chi connectivity index (χ3v) is 5.75. The van der Waals surface area contributed by atoms with Crippen LogP contribution < -0.4 is 14.5 Å². The Bertz CT molecular complexity index is 1180. The molecule has 2 aliphatic heterocycles. The van der Waals surface area contributed by atoms with E-state index in [1.807, 2.05) is 31.2 Å². The monoisotopic (exact) mass is 438 g/mol. The molecule has 1 saturated heterocycles. The number of ether oxygens (including phenoxy) is 1. The van der Waals surface area contributed by atoms with Crippen molar-refractivity contribution in [2.75, 3.05) is 29.5 Å². The molecule has 2 aromatic carbocycles. The minimum atomic E-state index is -0.206. The zero-order valence-corrected chi connectivity index (χ0v) is 17.5. The van der Waals surface area contributed by atoms with Gasteiger partial charge in [0.15, 0.2) is 6.61 Å². The number of nitrogens with zero attached hydrogens (tertiary/aromatic N) is 4. The average molecular weight is 439 g/mol. The predicted molar refractivity (Wildman–Crippen MR) is 114 cm³/mol. The highest BCUT2D eigenvalue weighted by Crippen LogP contribution is 2.36. The van der Waals surface area contributed by atoms with Gasteiger partial charge in [0.05, 0.1) is 11.6 Å². The maximum atomic E-state index is 12.5. The Labute approximate surface area is 183 Å². The zero-order valence-electron chi connectivity index (χ0n) is 16.7. The lowest BCUT2D eigenvalue weighted by molar-refractivity contribution is -0.121.